The molecule has 0 bridgehead atoms. The number of sulfonamides is 1. The highest BCUT2D eigenvalue weighted by molar-refractivity contribution is 7.89. The van der Waals surface area contributed by atoms with Crippen molar-refractivity contribution in [2.24, 2.45) is 0 Å². The third kappa shape index (κ3) is 3.25. The molecule has 2 aromatic carbocycles. The van der Waals surface area contributed by atoms with Gasteiger partial charge in [0.2, 0.25) is 15.9 Å². The Bertz CT molecular complexity index is 807. The molecule has 1 amide bonds. The van der Waals surface area contributed by atoms with Gasteiger partial charge in [-0.25, -0.2) is 12.8 Å². The Balaban J connectivity index is 1.76. The number of nitrogens with one attached hydrogen (secondary N) is 1. The van der Waals surface area contributed by atoms with Crippen LogP contribution in [0.5, 0.6) is 0 Å². The van der Waals surface area contributed by atoms with E-state index in [-0.39, 0.29) is 16.6 Å². The highest BCUT2D eigenvalue weighted by Crippen LogP contribution is 2.23. The fourth-order valence-electron chi connectivity index (χ4n) is 2.52. The van der Waals surface area contributed by atoms with Gasteiger partial charge >= 0.3 is 0 Å². The zero-order valence-corrected chi connectivity index (χ0v) is 13.0. The first-order valence-electron chi connectivity index (χ1n) is 7.12. The molecular formula is C16H15FN2O3S. The standard InChI is InChI=1S/C16H15FN2O3S/c17-12-6-8-13(9-7-12)19-11-10-15(16(19)20)18-23(21,22)14-4-2-1-3-5-14/h1-9,15,18H,10-11H2/t15-/m0/s1. The minimum absolute atomic E-state index is 0.119. The van der Waals surface area contributed by atoms with Gasteiger partial charge in [0.25, 0.3) is 0 Å². The summed E-state index contributed by atoms with van der Waals surface area (Å²) in [4.78, 5) is 14.0. The Labute approximate surface area is 133 Å². The van der Waals surface area contributed by atoms with E-state index in [1.165, 1.54) is 41.3 Å². The molecule has 1 saturated heterocycles. The van der Waals surface area contributed by atoms with Gasteiger partial charge in [0, 0.05) is 12.2 Å². The van der Waals surface area contributed by atoms with Gasteiger partial charge < -0.3 is 4.90 Å². The van der Waals surface area contributed by atoms with E-state index in [0.717, 1.165) is 0 Å². The minimum Gasteiger partial charge on any atom is -0.311 e. The van der Waals surface area contributed by atoms with E-state index >= 15 is 0 Å². The fourth-order valence-corrected chi connectivity index (χ4v) is 3.77. The van der Waals surface area contributed by atoms with Crippen molar-refractivity contribution in [3.05, 3.63) is 60.4 Å². The van der Waals surface area contributed by atoms with Crippen molar-refractivity contribution < 1.29 is 17.6 Å². The number of hydrogen-bond donors (Lipinski definition) is 1. The Kier molecular flexibility index (Phi) is 4.14. The van der Waals surface area contributed by atoms with Crippen LogP contribution in [0.25, 0.3) is 0 Å². The predicted octanol–water partition coefficient (Wildman–Crippen LogP) is 1.91. The third-order valence-electron chi connectivity index (χ3n) is 3.69. The highest BCUT2D eigenvalue weighted by atomic mass is 32.2. The lowest BCUT2D eigenvalue weighted by atomic mass is 10.3. The predicted molar refractivity (Wildman–Crippen MR) is 83.9 cm³/mol. The van der Waals surface area contributed by atoms with Gasteiger partial charge in [0.05, 0.1) is 4.90 Å². The molecule has 0 saturated carbocycles. The van der Waals surface area contributed by atoms with Crippen LogP contribution >= 0.6 is 0 Å². The molecule has 2 aromatic rings. The average Bonchev–Trinajstić information content (AvgIpc) is 2.90. The van der Waals surface area contributed by atoms with Crippen LogP contribution in [-0.2, 0) is 14.8 Å². The summed E-state index contributed by atoms with van der Waals surface area (Å²) in [6.45, 7) is 0.381. The molecule has 0 spiro atoms. The molecule has 1 N–H and O–H groups in total. The highest BCUT2D eigenvalue weighted by Gasteiger charge is 2.35. The van der Waals surface area contributed by atoms with Gasteiger partial charge in [-0.1, -0.05) is 18.2 Å². The summed E-state index contributed by atoms with van der Waals surface area (Å²) in [5, 5.41) is 0. The first-order valence-corrected chi connectivity index (χ1v) is 8.60. The molecule has 0 unspecified atom stereocenters. The second-order valence-corrected chi connectivity index (χ2v) is 6.96. The molecule has 7 heteroatoms. The Morgan fingerprint density at radius 1 is 1.04 bits per heavy atom. The maximum atomic E-state index is 13.0. The minimum atomic E-state index is -3.75. The van der Waals surface area contributed by atoms with E-state index < -0.39 is 16.1 Å². The summed E-state index contributed by atoms with van der Waals surface area (Å²) < 4.78 is 40.0. The number of anilines is 1. The lowest BCUT2D eigenvalue weighted by Crippen LogP contribution is -2.41. The second kappa shape index (κ2) is 6.10. The van der Waals surface area contributed by atoms with Gasteiger partial charge in [0.1, 0.15) is 11.9 Å². The smallest absolute Gasteiger partial charge is 0.245 e. The van der Waals surface area contributed by atoms with Gasteiger partial charge in [-0.3, -0.25) is 4.79 Å². The molecule has 1 atom stereocenters. The molecule has 0 radical (unpaired) electrons. The number of benzene rings is 2. The van der Waals surface area contributed by atoms with Gasteiger partial charge in [-0.15, -0.1) is 0 Å². The summed E-state index contributed by atoms with van der Waals surface area (Å²) in [6.07, 6.45) is 0.363. The molecule has 1 aliphatic rings. The third-order valence-corrected chi connectivity index (χ3v) is 5.18. The number of rotatable bonds is 4. The summed E-state index contributed by atoms with van der Waals surface area (Å²) in [6, 6.07) is 12.6. The number of amides is 1. The summed E-state index contributed by atoms with van der Waals surface area (Å²) >= 11 is 0. The Morgan fingerprint density at radius 3 is 2.35 bits per heavy atom. The van der Waals surface area contributed by atoms with Crippen LogP contribution in [0.15, 0.2) is 59.5 Å². The van der Waals surface area contributed by atoms with Crippen molar-refractivity contribution in [2.45, 2.75) is 17.4 Å². The van der Waals surface area contributed by atoms with Crippen LogP contribution in [0.1, 0.15) is 6.42 Å². The van der Waals surface area contributed by atoms with E-state index in [9.17, 15) is 17.6 Å². The first kappa shape index (κ1) is 15.6. The van der Waals surface area contributed by atoms with Crippen molar-refractivity contribution in [2.75, 3.05) is 11.4 Å². The monoisotopic (exact) mass is 334 g/mol. The van der Waals surface area contributed by atoms with Crippen LogP contribution in [0.2, 0.25) is 0 Å². The molecule has 3 rings (SSSR count). The lowest BCUT2D eigenvalue weighted by Gasteiger charge is -2.17. The number of hydrogen-bond acceptors (Lipinski definition) is 3. The van der Waals surface area contributed by atoms with E-state index in [2.05, 4.69) is 4.72 Å². The van der Waals surface area contributed by atoms with Crippen molar-refractivity contribution >= 4 is 21.6 Å². The van der Waals surface area contributed by atoms with Crippen molar-refractivity contribution in [3.63, 3.8) is 0 Å². The van der Waals surface area contributed by atoms with Crippen molar-refractivity contribution in [1.82, 2.24) is 4.72 Å². The second-order valence-electron chi connectivity index (χ2n) is 5.24. The van der Waals surface area contributed by atoms with Crippen molar-refractivity contribution in [1.29, 1.82) is 0 Å². The van der Waals surface area contributed by atoms with Gasteiger partial charge in [0.15, 0.2) is 0 Å². The zero-order valence-electron chi connectivity index (χ0n) is 12.1. The van der Waals surface area contributed by atoms with E-state index in [1.807, 2.05) is 0 Å². The molecule has 120 valence electrons. The molecule has 1 aliphatic heterocycles. The fraction of sp³-hybridized carbons (Fsp3) is 0.188. The quantitative estimate of drug-likeness (QED) is 0.929. The summed E-state index contributed by atoms with van der Waals surface area (Å²) in [5.74, 6) is -0.724. The van der Waals surface area contributed by atoms with Gasteiger partial charge in [-0.05, 0) is 42.8 Å². The molecule has 23 heavy (non-hydrogen) atoms. The van der Waals surface area contributed by atoms with Crippen LogP contribution in [0.3, 0.4) is 0 Å². The molecule has 0 aromatic heterocycles. The Morgan fingerprint density at radius 2 is 1.70 bits per heavy atom. The number of carbonyl (C=O) groups is 1. The van der Waals surface area contributed by atoms with Gasteiger partial charge in [-0.2, -0.15) is 4.72 Å². The molecular weight excluding hydrogens is 319 g/mol. The van der Waals surface area contributed by atoms with Crippen molar-refractivity contribution in [3.8, 4) is 0 Å². The zero-order chi connectivity index (χ0) is 16.4. The van der Waals surface area contributed by atoms with Crippen LogP contribution in [0.4, 0.5) is 10.1 Å². The molecule has 5 nitrogen and oxygen atoms in total. The number of halogens is 1. The first-order chi connectivity index (χ1) is 11.0. The van der Waals surface area contributed by atoms with Crippen LogP contribution < -0.4 is 9.62 Å². The lowest BCUT2D eigenvalue weighted by molar-refractivity contribution is -0.118. The Hall–Kier alpha value is -2.25. The topological polar surface area (TPSA) is 66.5 Å². The molecule has 1 heterocycles. The average molecular weight is 334 g/mol. The van der Waals surface area contributed by atoms with E-state index in [1.54, 1.807) is 18.2 Å². The number of nitrogens with zero attached hydrogens (tertiary/aromatic N) is 1. The number of carbonyl (C=O) groups excluding carboxylic acids is 1. The normalized spacial score (nSPS) is 18.4. The van der Waals surface area contributed by atoms with E-state index in [4.69, 9.17) is 0 Å². The van der Waals surface area contributed by atoms with Crippen LogP contribution in [-0.4, -0.2) is 26.9 Å². The summed E-state index contributed by atoms with van der Waals surface area (Å²) in [7, 11) is -3.75. The summed E-state index contributed by atoms with van der Waals surface area (Å²) in [5.41, 5.74) is 0.554. The van der Waals surface area contributed by atoms with E-state index in [0.29, 0.717) is 18.7 Å². The maximum absolute atomic E-state index is 13.0. The van der Waals surface area contributed by atoms with Crippen LogP contribution in [0, 0.1) is 5.82 Å². The largest absolute Gasteiger partial charge is 0.311 e. The maximum Gasteiger partial charge on any atom is 0.245 e. The SMILES string of the molecule is O=C1[C@@H](NS(=O)(=O)c2ccccc2)CCN1c1ccc(F)cc1. The molecule has 0 aliphatic carbocycles. The molecule has 1 fully saturated rings.